The topological polar surface area (TPSA) is 227 Å². The molecule has 4 heterocycles. The minimum absolute atomic E-state index is 0.0455. The summed E-state index contributed by atoms with van der Waals surface area (Å²) in [6, 6.07) is 41.9. The number of ether oxygens (including phenoxy) is 7. The molecular weight excluding hydrogens is 1460 g/mol. The quantitative estimate of drug-likeness (QED) is 0.0157. The first kappa shape index (κ1) is 90.5. The van der Waals surface area contributed by atoms with Crippen LogP contribution >= 0.6 is 10.5 Å². The predicted molar refractivity (Wildman–Crippen MR) is 439 cm³/mol. The molecule has 112 heavy (non-hydrogen) atoms. The third-order valence-electron chi connectivity index (χ3n) is 26.2. The van der Waals surface area contributed by atoms with Gasteiger partial charge in [0.2, 0.25) is 0 Å². The van der Waals surface area contributed by atoms with Crippen LogP contribution in [-0.4, -0.2) is 94.9 Å². The lowest BCUT2D eigenvalue weighted by molar-refractivity contribution is -0.183. The molecule has 20 heteroatoms. The highest BCUT2D eigenvalue weighted by molar-refractivity contribution is 7.86. The van der Waals surface area contributed by atoms with Crippen LogP contribution in [0.4, 0.5) is 8.78 Å². The fourth-order valence-electron chi connectivity index (χ4n) is 16.2. The molecule has 618 valence electrons. The molecule has 5 aromatic carbocycles. The first-order valence-electron chi connectivity index (χ1n) is 41.0. The molecule has 3 aliphatic heterocycles. The Morgan fingerprint density at radius 1 is 0.607 bits per heavy atom. The molecule has 0 amide bonds. The summed E-state index contributed by atoms with van der Waals surface area (Å²) in [4.78, 5) is 61.2. The van der Waals surface area contributed by atoms with Crippen LogP contribution in [0.2, 0.25) is 0 Å². The van der Waals surface area contributed by atoms with Gasteiger partial charge in [-0.2, -0.15) is 8.78 Å². The number of thiophene rings is 1. The number of carbonyl (C=O) groups excluding carboxylic acids is 5. The van der Waals surface area contributed by atoms with Crippen molar-refractivity contribution in [2.45, 2.75) is 301 Å². The van der Waals surface area contributed by atoms with Crippen LogP contribution in [-0.2, 0) is 63.2 Å². The van der Waals surface area contributed by atoms with Gasteiger partial charge in [0.25, 0.3) is 0 Å². The molecule has 13 rings (SSSR count). The van der Waals surface area contributed by atoms with Gasteiger partial charge >= 0.3 is 35.1 Å². The van der Waals surface area contributed by atoms with E-state index in [1.807, 2.05) is 55.4 Å². The van der Waals surface area contributed by atoms with Gasteiger partial charge in [0, 0.05) is 32.7 Å². The van der Waals surface area contributed by atoms with E-state index in [4.69, 9.17) is 28.4 Å². The standard InChI is InChI=1S/C20H32O2.C18H13S.C17H26O3.C15H24O.C13H18O5.C9H16F2O5S/c1-5-19(3,4)18(21)22-20(6-2)11-14-10-15(20)17-13-8-7-12(9-13)16(14)17;1-2-8-14(9-3-1)19-17-12-6-4-10-15(17)16-11-5-7-13-18(16)19;1-7-16(3,4)13-11-12(9-10-14(13)18)20-15(19)17(5,6)8-2;1-6-12(3)13-8-10-14(11-9-13)16-15(4,5)7-2;1-4-13(2,3)12(15)18-9-7-5-6-8(16-7)10(9)17-11(6)14;1-5-8(3,4)7(12)16-6(2)9(10,11)17(13,14)15/h12-17H,5-11H2,1-4H3;1-13H;9-11,18H,7-8H2,1-6H3;8-12H,6-7H2,1-5H3;6-10H,4-5H2,1-3H3;6H,5H2,1-4H3,(H,13,14,15)/q;+1;;;;/p-1. The second-order valence-corrected chi connectivity index (χ2v) is 39.3. The van der Waals surface area contributed by atoms with Crippen molar-refractivity contribution in [2.24, 2.45) is 63.1 Å². The van der Waals surface area contributed by atoms with Gasteiger partial charge in [-0.3, -0.25) is 24.0 Å². The number of halogens is 2. The van der Waals surface area contributed by atoms with Crippen LogP contribution in [0.15, 0.2) is 121 Å². The lowest BCUT2D eigenvalue weighted by Gasteiger charge is -2.46. The summed E-state index contributed by atoms with van der Waals surface area (Å²) in [6.45, 7) is 42.0. The van der Waals surface area contributed by atoms with E-state index < -0.39 is 55.9 Å². The average Bonchev–Trinajstić information content (AvgIpc) is 1.53. The normalized spacial score (nSPS) is 24.5. The van der Waals surface area contributed by atoms with Crippen LogP contribution in [0, 0.1) is 63.1 Å². The number of alkyl halides is 2. The highest BCUT2D eigenvalue weighted by Crippen LogP contribution is 2.71. The molecule has 7 aliphatic rings. The molecule has 0 spiro atoms. The molecule has 14 unspecified atom stereocenters. The van der Waals surface area contributed by atoms with Crippen molar-refractivity contribution < 1.29 is 84.0 Å². The van der Waals surface area contributed by atoms with Crippen LogP contribution in [0.5, 0.6) is 17.2 Å². The minimum Gasteiger partial charge on any atom is -0.743 e. The second-order valence-electron chi connectivity index (χ2n) is 35.9. The van der Waals surface area contributed by atoms with Crippen molar-refractivity contribution in [1.29, 1.82) is 0 Å². The highest BCUT2D eigenvalue weighted by Gasteiger charge is 2.68. The second kappa shape index (κ2) is 36.0. The molecule has 4 aliphatic carbocycles. The van der Waals surface area contributed by atoms with Gasteiger partial charge in [0.1, 0.15) is 34.6 Å². The maximum absolute atomic E-state index is 13.0. The van der Waals surface area contributed by atoms with E-state index in [2.05, 4.69) is 177 Å². The molecule has 1 N–H and O–H groups in total. The van der Waals surface area contributed by atoms with Gasteiger partial charge in [-0.1, -0.05) is 131 Å². The van der Waals surface area contributed by atoms with Crippen molar-refractivity contribution in [2.75, 3.05) is 0 Å². The minimum atomic E-state index is -5.86. The molecular formula is C92H128F2O16S2. The molecule has 14 atom stereocenters. The van der Waals surface area contributed by atoms with Gasteiger partial charge in [-0.15, -0.1) is 0 Å². The molecule has 16 nitrogen and oxygen atoms in total. The Bertz CT molecular complexity index is 4280. The zero-order valence-electron chi connectivity index (χ0n) is 70.6. The maximum atomic E-state index is 13.0. The Morgan fingerprint density at radius 2 is 1.12 bits per heavy atom. The number of hydrogen-bond acceptors (Lipinski definition) is 16. The molecule has 1 aromatic heterocycles. The van der Waals surface area contributed by atoms with E-state index in [1.54, 1.807) is 25.1 Å². The Kier molecular flexibility index (Phi) is 29.1. The summed E-state index contributed by atoms with van der Waals surface area (Å²) in [5.41, 5.74) is -0.523. The number of benzene rings is 5. The summed E-state index contributed by atoms with van der Waals surface area (Å²) in [5, 5.41) is 8.16. The van der Waals surface area contributed by atoms with Gasteiger partial charge < -0.3 is 42.8 Å². The van der Waals surface area contributed by atoms with E-state index in [1.165, 1.54) is 76.6 Å². The summed E-state index contributed by atoms with van der Waals surface area (Å²) in [7, 11) is -5.80. The Hall–Kier alpha value is -7.00. The third kappa shape index (κ3) is 19.9. The van der Waals surface area contributed by atoms with Crippen molar-refractivity contribution in [3.63, 3.8) is 0 Å². The van der Waals surface area contributed by atoms with Crippen molar-refractivity contribution in [1.82, 2.24) is 0 Å². The summed E-state index contributed by atoms with van der Waals surface area (Å²) < 4.78 is 98.3. The van der Waals surface area contributed by atoms with Gasteiger partial charge in [-0.05, 0) is 279 Å². The van der Waals surface area contributed by atoms with Crippen molar-refractivity contribution >= 4 is 70.6 Å². The maximum Gasteiger partial charge on any atom is 0.369 e. The summed E-state index contributed by atoms with van der Waals surface area (Å²) >= 11 is 0. The third-order valence-corrected chi connectivity index (χ3v) is 29.6. The molecule has 6 aromatic rings. The fraction of sp³-hybridized carbons (Fsp3) is 0.620. The van der Waals surface area contributed by atoms with Crippen LogP contribution < -0.4 is 9.47 Å². The zero-order chi connectivity index (χ0) is 83.2. The smallest absolute Gasteiger partial charge is 0.369 e. The average molecular weight is 1590 g/mol. The molecule has 0 radical (unpaired) electrons. The van der Waals surface area contributed by atoms with Gasteiger partial charge in [0.05, 0.1) is 33.7 Å². The lowest BCUT2D eigenvalue weighted by Crippen LogP contribution is -2.49. The Balaban J connectivity index is 0.000000169. The summed E-state index contributed by atoms with van der Waals surface area (Å²) in [6.07, 6.45) is 10.7. The number of phenolic OH excluding ortho intramolecular Hbond substituents is 1. The first-order valence-corrected chi connectivity index (χ1v) is 43.6. The number of esters is 5. The monoisotopic (exact) mass is 1590 g/mol. The van der Waals surface area contributed by atoms with E-state index >= 15 is 0 Å². The highest BCUT2D eigenvalue weighted by atomic mass is 32.2. The largest absolute Gasteiger partial charge is 0.743 e. The van der Waals surface area contributed by atoms with Crippen molar-refractivity contribution in [3.05, 3.63) is 132 Å². The number of phenols is 1. The Labute approximate surface area is 669 Å². The number of hydrogen-bond donors (Lipinski definition) is 1. The van der Waals surface area contributed by atoms with E-state index in [0.717, 1.165) is 79.4 Å². The number of rotatable bonds is 23. The van der Waals surface area contributed by atoms with Crippen LogP contribution in [0.3, 0.4) is 0 Å². The Morgan fingerprint density at radius 3 is 1.65 bits per heavy atom. The molecule has 6 bridgehead atoms. The van der Waals surface area contributed by atoms with Crippen molar-refractivity contribution in [3.8, 4) is 22.1 Å². The van der Waals surface area contributed by atoms with E-state index in [-0.39, 0.29) is 80.3 Å². The number of carbonyl (C=O) groups is 5. The first-order chi connectivity index (χ1) is 52.3. The zero-order valence-corrected chi connectivity index (χ0v) is 72.2. The predicted octanol–water partition coefficient (Wildman–Crippen LogP) is 22.3. The fourth-order valence-corrected chi connectivity index (χ4v) is 19.0. The molecule has 3 saturated heterocycles. The SMILES string of the molecule is CCC(C)(C)C(=O)OC(C)C(F)(F)S(=O)(=O)[O-].CCC(C)(C)C(=O)OC1(CC)CC2CC1C1C3CCC(C3)C21.CCC(C)(C)C(=O)OC1C2CC3C(=O)OC1C3O2.CCC(C)(C)C(=O)Oc1ccc(O)c(C(C)(C)CC)c1.CCC(C)c1ccc(OC(C)(C)CC)cc1.c1ccc(-[s+]2c3ccccc3c3ccccc32)cc1. The number of aromatic hydroxyl groups is 1. The summed E-state index contributed by atoms with van der Waals surface area (Å²) in [5.74, 6) is 5.92. The number of fused-ring (bicyclic) bond motifs is 13. The van der Waals surface area contributed by atoms with Gasteiger partial charge in [0.15, 0.2) is 42.7 Å². The molecule has 7 fully saturated rings. The van der Waals surface area contributed by atoms with E-state index in [9.17, 15) is 50.8 Å². The van der Waals surface area contributed by atoms with Gasteiger partial charge in [-0.25, -0.2) is 8.42 Å². The van der Waals surface area contributed by atoms with E-state index in [0.29, 0.717) is 43.8 Å². The van der Waals surface area contributed by atoms with Crippen LogP contribution in [0.25, 0.3) is 25.1 Å². The lowest BCUT2D eigenvalue weighted by atomic mass is 9.65. The molecule has 4 saturated carbocycles. The van der Waals surface area contributed by atoms with Crippen LogP contribution in [0.1, 0.15) is 259 Å².